The lowest BCUT2D eigenvalue weighted by atomic mass is 10.3. The van der Waals surface area contributed by atoms with E-state index in [1.807, 2.05) is 40.8 Å². The van der Waals surface area contributed by atoms with Gasteiger partial charge in [0.15, 0.2) is 5.58 Å². The van der Waals surface area contributed by atoms with Crippen molar-refractivity contribution < 1.29 is 4.42 Å². The van der Waals surface area contributed by atoms with Gasteiger partial charge < -0.3 is 4.42 Å². The van der Waals surface area contributed by atoms with Crippen LogP contribution in [0.4, 0.5) is 0 Å². The van der Waals surface area contributed by atoms with Crippen LogP contribution in [0.15, 0.2) is 27.5 Å². The Kier molecular flexibility index (Phi) is 1.80. The molecule has 1 heterocycles. The summed E-state index contributed by atoms with van der Waals surface area (Å²) < 4.78 is 5.95. The number of thiol groups is 1. The number of fused-ring (bicyclic) bond motifs is 1. The zero-order valence-corrected chi connectivity index (χ0v) is 8.46. The normalized spacial score (nSPS) is 10.7. The highest BCUT2D eigenvalue weighted by atomic mass is 127. The van der Waals surface area contributed by atoms with Crippen molar-refractivity contribution >= 4 is 46.3 Å². The number of halogens is 1. The summed E-state index contributed by atoms with van der Waals surface area (Å²) in [5.74, 6) is 0. The number of benzene rings is 1. The van der Waals surface area contributed by atoms with Crippen molar-refractivity contribution in [3.05, 3.63) is 22.1 Å². The summed E-state index contributed by atoms with van der Waals surface area (Å²) in [7, 11) is 0. The third-order valence-corrected chi connectivity index (χ3v) is 2.18. The quantitative estimate of drug-likeness (QED) is 0.592. The smallest absolute Gasteiger partial charge is 0.258 e. The predicted octanol–water partition coefficient (Wildman–Crippen LogP) is 2.72. The Balaban J connectivity index is 2.90. The maximum atomic E-state index is 5.30. The molecule has 0 aliphatic rings. The molecule has 0 aliphatic heterocycles. The van der Waals surface area contributed by atoms with Gasteiger partial charge in [-0.15, -0.1) is 12.6 Å². The minimum Gasteiger partial charge on any atom is -0.431 e. The van der Waals surface area contributed by atoms with E-state index < -0.39 is 0 Å². The Hall–Kier alpha value is -0.230. The van der Waals surface area contributed by atoms with Crippen LogP contribution >= 0.6 is 35.2 Å². The van der Waals surface area contributed by atoms with E-state index >= 15 is 0 Å². The summed E-state index contributed by atoms with van der Waals surface area (Å²) in [6, 6.07) is 5.69. The summed E-state index contributed by atoms with van der Waals surface area (Å²) >= 11 is 6.26. The second-order valence-corrected chi connectivity index (χ2v) is 3.50. The number of hydrogen-bond donors (Lipinski definition) is 1. The molecular formula is C7H4INOS. The first-order valence-electron chi connectivity index (χ1n) is 3.01. The fourth-order valence-electron chi connectivity index (χ4n) is 0.907. The zero-order valence-electron chi connectivity index (χ0n) is 5.41. The first kappa shape index (κ1) is 7.42. The molecule has 0 fully saturated rings. The van der Waals surface area contributed by atoms with Gasteiger partial charge in [0.05, 0.1) is 0 Å². The van der Waals surface area contributed by atoms with Crippen molar-refractivity contribution in [2.45, 2.75) is 4.90 Å². The largest absolute Gasteiger partial charge is 0.431 e. The Bertz CT molecular complexity index is 398. The summed E-state index contributed by atoms with van der Waals surface area (Å²) in [5.41, 5.74) is 1.63. The van der Waals surface area contributed by atoms with Crippen LogP contribution in [0.2, 0.25) is 0 Å². The van der Waals surface area contributed by atoms with Gasteiger partial charge in [-0.05, 0) is 12.1 Å². The molecule has 1 aromatic carbocycles. The van der Waals surface area contributed by atoms with Gasteiger partial charge >= 0.3 is 0 Å². The van der Waals surface area contributed by atoms with Crippen LogP contribution in [0.3, 0.4) is 0 Å². The monoisotopic (exact) mass is 277 g/mol. The SMILES string of the molecule is Sc1cccc2nc(I)oc12. The highest BCUT2D eigenvalue weighted by Gasteiger charge is 2.03. The second kappa shape index (κ2) is 2.67. The van der Waals surface area contributed by atoms with E-state index in [0.29, 0.717) is 3.90 Å². The van der Waals surface area contributed by atoms with E-state index in [4.69, 9.17) is 4.42 Å². The number of rotatable bonds is 0. The van der Waals surface area contributed by atoms with Crippen LogP contribution in [-0.2, 0) is 0 Å². The number of nitrogens with zero attached hydrogens (tertiary/aromatic N) is 1. The maximum absolute atomic E-state index is 5.30. The average Bonchev–Trinajstić information content (AvgIpc) is 2.31. The Morgan fingerprint density at radius 3 is 3.00 bits per heavy atom. The lowest BCUT2D eigenvalue weighted by molar-refractivity contribution is 0.561. The zero-order chi connectivity index (χ0) is 7.84. The molecule has 0 aliphatic carbocycles. The molecule has 11 heavy (non-hydrogen) atoms. The molecule has 0 saturated heterocycles. The topological polar surface area (TPSA) is 26.0 Å². The van der Waals surface area contributed by atoms with Crippen LogP contribution in [0.5, 0.6) is 0 Å². The molecule has 0 spiro atoms. The van der Waals surface area contributed by atoms with Gasteiger partial charge in [0.2, 0.25) is 0 Å². The third kappa shape index (κ3) is 1.24. The lowest BCUT2D eigenvalue weighted by Gasteiger charge is -1.88. The molecule has 0 atom stereocenters. The second-order valence-electron chi connectivity index (χ2n) is 2.09. The Morgan fingerprint density at radius 1 is 1.45 bits per heavy atom. The van der Waals surface area contributed by atoms with Crippen LogP contribution < -0.4 is 0 Å². The van der Waals surface area contributed by atoms with E-state index in [-0.39, 0.29) is 0 Å². The molecule has 4 heteroatoms. The fraction of sp³-hybridized carbons (Fsp3) is 0. The van der Waals surface area contributed by atoms with Gasteiger partial charge in [0.25, 0.3) is 3.90 Å². The average molecular weight is 277 g/mol. The van der Waals surface area contributed by atoms with Crippen LogP contribution in [0.25, 0.3) is 11.1 Å². The highest BCUT2D eigenvalue weighted by Crippen LogP contribution is 2.22. The molecule has 2 nitrogen and oxygen atoms in total. The molecular weight excluding hydrogens is 273 g/mol. The van der Waals surface area contributed by atoms with Gasteiger partial charge in [-0.3, -0.25) is 0 Å². The Morgan fingerprint density at radius 2 is 2.27 bits per heavy atom. The standard InChI is InChI=1S/C7H4INOS/c8-7-9-4-2-1-3-5(11)6(4)10-7/h1-3,11H. The molecule has 2 aromatic rings. The van der Waals surface area contributed by atoms with Crippen molar-refractivity contribution in [3.8, 4) is 0 Å². The van der Waals surface area contributed by atoms with Crippen molar-refractivity contribution in [2.24, 2.45) is 0 Å². The van der Waals surface area contributed by atoms with Gasteiger partial charge in [-0.1, -0.05) is 6.07 Å². The van der Waals surface area contributed by atoms with Gasteiger partial charge in [0.1, 0.15) is 5.52 Å². The predicted molar refractivity (Wildman–Crippen MR) is 54.0 cm³/mol. The summed E-state index contributed by atoms with van der Waals surface area (Å²) in [5, 5.41) is 0. The van der Waals surface area contributed by atoms with E-state index in [9.17, 15) is 0 Å². The first-order valence-corrected chi connectivity index (χ1v) is 4.54. The Labute approximate surface area is 82.5 Å². The molecule has 0 saturated carbocycles. The van der Waals surface area contributed by atoms with Crippen LogP contribution in [0, 0.1) is 3.90 Å². The molecule has 0 radical (unpaired) electrons. The number of hydrogen-bond acceptors (Lipinski definition) is 3. The molecule has 0 unspecified atom stereocenters. The maximum Gasteiger partial charge on any atom is 0.258 e. The van der Waals surface area contributed by atoms with Gasteiger partial charge in [0, 0.05) is 27.5 Å². The molecule has 0 amide bonds. The van der Waals surface area contributed by atoms with Crippen LogP contribution in [-0.4, -0.2) is 4.98 Å². The van der Waals surface area contributed by atoms with Gasteiger partial charge in [-0.25, -0.2) is 4.98 Å². The van der Waals surface area contributed by atoms with Gasteiger partial charge in [-0.2, -0.15) is 0 Å². The van der Waals surface area contributed by atoms with Crippen LogP contribution in [0.1, 0.15) is 0 Å². The number of aromatic nitrogens is 1. The highest BCUT2D eigenvalue weighted by molar-refractivity contribution is 14.1. The summed E-state index contributed by atoms with van der Waals surface area (Å²) in [6.07, 6.45) is 0. The van der Waals surface area contributed by atoms with E-state index in [1.165, 1.54) is 0 Å². The molecule has 2 rings (SSSR count). The van der Waals surface area contributed by atoms with Crippen molar-refractivity contribution in [3.63, 3.8) is 0 Å². The number of para-hydroxylation sites is 1. The van der Waals surface area contributed by atoms with E-state index in [0.717, 1.165) is 16.0 Å². The minimum atomic E-state index is 0.652. The van der Waals surface area contributed by atoms with Crippen molar-refractivity contribution in [1.82, 2.24) is 4.98 Å². The molecule has 0 bridgehead atoms. The minimum absolute atomic E-state index is 0.652. The molecule has 0 N–H and O–H groups in total. The van der Waals surface area contributed by atoms with Crippen molar-refractivity contribution in [1.29, 1.82) is 0 Å². The molecule has 1 aromatic heterocycles. The molecule has 56 valence electrons. The van der Waals surface area contributed by atoms with E-state index in [1.54, 1.807) is 0 Å². The van der Waals surface area contributed by atoms with Crippen molar-refractivity contribution in [2.75, 3.05) is 0 Å². The lowest BCUT2D eigenvalue weighted by Crippen LogP contribution is -1.68. The fourth-order valence-corrected chi connectivity index (χ4v) is 1.63. The number of oxazole rings is 1. The first-order chi connectivity index (χ1) is 5.27. The van der Waals surface area contributed by atoms with E-state index in [2.05, 4.69) is 17.6 Å². The summed E-state index contributed by atoms with van der Waals surface area (Å²) in [6.45, 7) is 0. The third-order valence-electron chi connectivity index (χ3n) is 1.37. The summed E-state index contributed by atoms with van der Waals surface area (Å²) in [4.78, 5) is 4.98.